The molecule has 9 heteroatoms. The Morgan fingerprint density at radius 3 is 2.43 bits per heavy atom. The fraction of sp³-hybridized carbons (Fsp3) is 0.462. The Morgan fingerprint density at radius 2 is 1.74 bits per heavy atom. The number of methoxy groups -OCH3 is 2. The SMILES string of the molecule is COc1cccc(NC(=O)Nc2ccc3c(c2)C(=O)N(C)C[C@H](OC)[C@H](C)CN(C)[C@@H](C)CO3)c1. The fourth-order valence-electron chi connectivity index (χ4n) is 4.03. The normalized spacial score (nSPS) is 21.7. The van der Waals surface area contributed by atoms with Crippen LogP contribution in [0.15, 0.2) is 42.5 Å². The van der Waals surface area contributed by atoms with Gasteiger partial charge in [0.2, 0.25) is 0 Å². The number of likely N-dealkylation sites (N-methyl/N-ethyl adjacent to an activating group) is 2. The number of urea groups is 1. The highest BCUT2D eigenvalue weighted by Crippen LogP contribution is 2.26. The molecule has 1 heterocycles. The first-order valence-electron chi connectivity index (χ1n) is 11.7. The molecule has 35 heavy (non-hydrogen) atoms. The van der Waals surface area contributed by atoms with Gasteiger partial charge in [-0.25, -0.2) is 4.79 Å². The molecular weight excluding hydrogens is 448 g/mol. The Labute approximate surface area is 207 Å². The van der Waals surface area contributed by atoms with E-state index in [0.717, 1.165) is 6.54 Å². The minimum Gasteiger partial charge on any atom is -0.497 e. The minimum atomic E-state index is -0.434. The molecule has 0 unspecified atom stereocenters. The number of carbonyl (C=O) groups excluding carboxylic acids is 2. The molecule has 0 aliphatic carbocycles. The molecule has 0 aromatic heterocycles. The summed E-state index contributed by atoms with van der Waals surface area (Å²) in [6.45, 7) is 5.90. The van der Waals surface area contributed by atoms with Crippen molar-refractivity contribution in [3.63, 3.8) is 0 Å². The van der Waals surface area contributed by atoms with Crippen molar-refractivity contribution < 1.29 is 23.8 Å². The summed E-state index contributed by atoms with van der Waals surface area (Å²) in [6.07, 6.45) is -0.114. The lowest BCUT2D eigenvalue weighted by molar-refractivity contribution is 0.0150. The van der Waals surface area contributed by atoms with Crippen LogP contribution in [0.3, 0.4) is 0 Å². The van der Waals surface area contributed by atoms with Crippen LogP contribution in [-0.2, 0) is 4.74 Å². The number of ether oxygens (including phenoxy) is 3. The van der Waals surface area contributed by atoms with Gasteiger partial charge in [-0.3, -0.25) is 9.69 Å². The van der Waals surface area contributed by atoms with Crippen LogP contribution in [0, 0.1) is 5.92 Å². The van der Waals surface area contributed by atoms with Crippen molar-refractivity contribution in [3.05, 3.63) is 48.0 Å². The van der Waals surface area contributed by atoms with E-state index in [1.54, 1.807) is 68.6 Å². The standard InChI is InChI=1S/C26H36N4O5/c1-17-14-29(3)18(2)16-35-23-11-10-20(13-22(23)25(31)30(4)15-24(17)34-6)28-26(32)27-19-8-7-9-21(12-19)33-5/h7-13,17-18,24H,14-16H2,1-6H3,(H2,27,28,32)/t17-,18+,24+/m1/s1. The highest BCUT2D eigenvalue weighted by molar-refractivity contribution is 6.02. The second-order valence-corrected chi connectivity index (χ2v) is 9.06. The molecule has 190 valence electrons. The average molecular weight is 485 g/mol. The van der Waals surface area contributed by atoms with Gasteiger partial charge in [0.25, 0.3) is 5.91 Å². The summed E-state index contributed by atoms with van der Waals surface area (Å²) in [4.78, 5) is 29.9. The average Bonchev–Trinajstić information content (AvgIpc) is 2.84. The van der Waals surface area contributed by atoms with E-state index in [1.165, 1.54) is 0 Å². The molecule has 0 spiro atoms. The molecule has 2 N–H and O–H groups in total. The van der Waals surface area contributed by atoms with E-state index in [9.17, 15) is 9.59 Å². The van der Waals surface area contributed by atoms with Crippen LogP contribution in [-0.4, -0.2) is 81.9 Å². The lowest BCUT2D eigenvalue weighted by Crippen LogP contribution is -2.45. The van der Waals surface area contributed by atoms with E-state index in [0.29, 0.717) is 41.6 Å². The van der Waals surface area contributed by atoms with Gasteiger partial charge in [0, 0.05) is 50.7 Å². The molecule has 0 saturated heterocycles. The zero-order chi connectivity index (χ0) is 25.5. The zero-order valence-corrected chi connectivity index (χ0v) is 21.3. The summed E-state index contributed by atoms with van der Waals surface area (Å²) in [7, 11) is 7.05. The van der Waals surface area contributed by atoms with Crippen LogP contribution in [0.4, 0.5) is 16.2 Å². The summed E-state index contributed by atoms with van der Waals surface area (Å²) in [5, 5.41) is 5.56. The third kappa shape index (κ3) is 6.86. The Bertz CT molecular complexity index is 1030. The van der Waals surface area contributed by atoms with Crippen molar-refractivity contribution in [2.24, 2.45) is 5.92 Å². The maximum Gasteiger partial charge on any atom is 0.323 e. The second kappa shape index (κ2) is 11.9. The van der Waals surface area contributed by atoms with Gasteiger partial charge in [-0.15, -0.1) is 0 Å². The molecule has 1 aliphatic rings. The summed E-state index contributed by atoms with van der Waals surface area (Å²) in [5.41, 5.74) is 1.44. The van der Waals surface area contributed by atoms with Gasteiger partial charge in [0.15, 0.2) is 0 Å². The van der Waals surface area contributed by atoms with Crippen molar-refractivity contribution in [1.29, 1.82) is 0 Å². The Kier molecular flexibility index (Phi) is 8.95. The van der Waals surface area contributed by atoms with E-state index in [-0.39, 0.29) is 24.0 Å². The number of carbonyl (C=O) groups is 2. The maximum absolute atomic E-state index is 13.4. The van der Waals surface area contributed by atoms with Crippen molar-refractivity contribution in [2.75, 3.05) is 58.6 Å². The largest absolute Gasteiger partial charge is 0.497 e. The predicted molar refractivity (Wildman–Crippen MR) is 137 cm³/mol. The van der Waals surface area contributed by atoms with Crippen LogP contribution >= 0.6 is 0 Å². The van der Waals surface area contributed by atoms with Crippen LogP contribution in [0.2, 0.25) is 0 Å². The van der Waals surface area contributed by atoms with Gasteiger partial charge in [0.1, 0.15) is 18.1 Å². The summed E-state index contributed by atoms with van der Waals surface area (Å²) < 4.78 is 17.0. The second-order valence-electron chi connectivity index (χ2n) is 9.06. The van der Waals surface area contributed by atoms with Gasteiger partial charge >= 0.3 is 6.03 Å². The van der Waals surface area contributed by atoms with Gasteiger partial charge in [0.05, 0.1) is 18.8 Å². The van der Waals surface area contributed by atoms with Crippen LogP contribution in [0.25, 0.3) is 0 Å². The van der Waals surface area contributed by atoms with E-state index >= 15 is 0 Å². The van der Waals surface area contributed by atoms with Gasteiger partial charge in [-0.2, -0.15) is 0 Å². The summed E-state index contributed by atoms with van der Waals surface area (Å²) >= 11 is 0. The first-order chi connectivity index (χ1) is 16.7. The zero-order valence-electron chi connectivity index (χ0n) is 21.3. The Balaban J connectivity index is 1.83. The van der Waals surface area contributed by atoms with Crippen LogP contribution in [0.1, 0.15) is 24.2 Å². The van der Waals surface area contributed by atoms with Crippen molar-refractivity contribution >= 4 is 23.3 Å². The quantitative estimate of drug-likeness (QED) is 0.686. The Hall–Kier alpha value is -3.30. The molecule has 0 radical (unpaired) electrons. The fourth-order valence-corrected chi connectivity index (χ4v) is 4.03. The van der Waals surface area contributed by atoms with E-state index in [4.69, 9.17) is 14.2 Å². The Morgan fingerprint density at radius 1 is 1.03 bits per heavy atom. The molecule has 3 rings (SSSR count). The third-order valence-electron chi connectivity index (χ3n) is 6.34. The molecule has 0 fully saturated rings. The highest BCUT2D eigenvalue weighted by atomic mass is 16.5. The molecule has 0 saturated carbocycles. The predicted octanol–water partition coefficient (Wildman–Crippen LogP) is 3.78. The molecule has 1 aliphatic heterocycles. The molecule has 2 aromatic rings. The number of amides is 3. The molecule has 0 bridgehead atoms. The molecule has 9 nitrogen and oxygen atoms in total. The lowest BCUT2D eigenvalue weighted by atomic mass is 10.0. The number of nitrogens with zero attached hydrogens (tertiary/aromatic N) is 2. The number of hydrogen-bond acceptors (Lipinski definition) is 6. The number of nitrogens with one attached hydrogen (secondary N) is 2. The minimum absolute atomic E-state index is 0.114. The number of rotatable bonds is 4. The number of hydrogen-bond donors (Lipinski definition) is 2. The highest BCUT2D eigenvalue weighted by Gasteiger charge is 2.27. The van der Waals surface area contributed by atoms with Gasteiger partial charge < -0.3 is 29.7 Å². The molecule has 3 atom stereocenters. The van der Waals surface area contributed by atoms with Gasteiger partial charge in [-0.05, 0) is 50.2 Å². The van der Waals surface area contributed by atoms with E-state index in [1.807, 2.05) is 0 Å². The van der Waals surface area contributed by atoms with Crippen LogP contribution in [0.5, 0.6) is 11.5 Å². The summed E-state index contributed by atoms with van der Waals surface area (Å²) in [5.74, 6) is 1.13. The number of benzene rings is 2. The number of fused-ring (bicyclic) bond motifs is 1. The first kappa shape index (κ1) is 26.3. The van der Waals surface area contributed by atoms with Crippen molar-refractivity contribution in [2.45, 2.75) is 26.0 Å². The maximum atomic E-state index is 13.4. The van der Waals surface area contributed by atoms with Crippen molar-refractivity contribution in [3.8, 4) is 11.5 Å². The molecule has 2 aromatic carbocycles. The summed E-state index contributed by atoms with van der Waals surface area (Å²) in [6, 6.07) is 11.9. The third-order valence-corrected chi connectivity index (χ3v) is 6.34. The topological polar surface area (TPSA) is 92.4 Å². The van der Waals surface area contributed by atoms with Gasteiger partial charge in [-0.1, -0.05) is 13.0 Å². The molecule has 3 amide bonds. The molecular formula is C26H36N4O5. The first-order valence-corrected chi connectivity index (χ1v) is 11.7. The van der Waals surface area contributed by atoms with E-state index < -0.39 is 6.03 Å². The lowest BCUT2D eigenvalue weighted by Gasteiger charge is -2.34. The van der Waals surface area contributed by atoms with Crippen molar-refractivity contribution in [1.82, 2.24) is 9.80 Å². The van der Waals surface area contributed by atoms with Crippen LogP contribution < -0.4 is 20.1 Å². The monoisotopic (exact) mass is 484 g/mol. The van der Waals surface area contributed by atoms with E-state index in [2.05, 4.69) is 36.4 Å². The number of anilines is 2. The smallest absolute Gasteiger partial charge is 0.323 e.